The normalized spacial score (nSPS) is 10.6. The number of rotatable bonds is 5. The van der Waals surface area contributed by atoms with Crippen molar-refractivity contribution in [3.05, 3.63) is 36.3 Å². The lowest BCUT2D eigenvalue weighted by Gasteiger charge is -2.11. The molecule has 96 valence electrons. The smallest absolute Gasteiger partial charge is 0.143 e. The molecule has 4 heteroatoms. The molecular formula is C14H17NO2S. The lowest BCUT2D eigenvalue weighted by Crippen LogP contribution is -1.99. The summed E-state index contributed by atoms with van der Waals surface area (Å²) in [5, 5.41) is 0. The van der Waals surface area contributed by atoms with Crippen LogP contribution in [0.5, 0.6) is 5.75 Å². The molecule has 18 heavy (non-hydrogen) atoms. The fourth-order valence-corrected chi connectivity index (χ4v) is 2.46. The van der Waals surface area contributed by atoms with Crippen LogP contribution in [0.2, 0.25) is 0 Å². The van der Waals surface area contributed by atoms with E-state index in [0.717, 1.165) is 27.7 Å². The molecule has 0 unspecified atom stereocenters. The van der Waals surface area contributed by atoms with E-state index >= 15 is 0 Å². The Labute approximate surface area is 111 Å². The van der Waals surface area contributed by atoms with E-state index in [1.165, 1.54) is 0 Å². The summed E-state index contributed by atoms with van der Waals surface area (Å²) in [6.07, 6.45) is 2.66. The number of aryl methyl sites for hydroxylation is 1. The second kappa shape index (κ2) is 5.87. The van der Waals surface area contributed by atoms with Gasteiger partial charge in [0.2, 0.25) is 0 Å². The molecule has 0 aliphatic heterocycles. The van der Waals surface area contributed by atoms with Crippen molar-refractivity contribution in [3.8, 4) is 5.75 Å². The van der Waals surface area contributed by atoms with Gasteiger partial charge in [-0.25, -0.2) is 0 Å². The minimum atomic E-state index is 0.684. The zero-order chi connectivity index (χ0) is 13.0. The molecule has 0 saturated heterocycles. The Kier molecular flexibility index (Phi) is 4.20. The Morgan fingerprint density at radius 2 is 2.11 bits per heavy atom. The minimum absolute atomic E-state index is 0.684. The summed E-state index contributed by atoms with van der Waals surface area (Å²) in [5.41, 5.74) is 6.81. The number of nitrogen functional groups attached to an aromatic ring is 1. The molecule has 0 spiro atoms. The van der Waals surface area contributed by atoms with Gasteiger partial charge in [-0.15, -0.1) is 0 Å². The van der Waals surface area contributed by atoms with Gasteiger partial charge in [-0.05, 0) is 31.5 Å². The van der Waals surface area contributed by atoms with Gasteiger partial charge >= 0.3 is 0 Å². The summed E-state index contributed by atoms with van der Waals surface area (Å²) < 4.78 is 10.9. The number of hydrogen-bond acceptors (Lipinski definition) is 4. The maximum absolute atomic E-state index is 6.11. The monoisotopic (exact) mass is 263 g/mol. The van der Waals surface area contributed by atoms with Crippen molar-refractivity contribution in [2.75, 3.05) is 12.3 Å². The molecule has 2 rings (SSSR count). The van der Waals surface area contributed by atoms with Gasteiger partial charge in [-0.3, -0.25) is 0 Å². The largest absolute Gasteiger partial charge is 0.491 e. The van der Waals surface area contributed by atoms with Crippen LogP contribution in [-0.4, -0.2) is 6.61 Å². The Morgan fingerprint density at radius 1 is 1.28 bits per heavy atom. The average molecular weight is 263 g/mol. The average Bonchev–Trinajstić information content (AvgIpc) is 2.76. The molecule has 0 radical (unpaired) electrons. The molecule has 1 heterocycles. The molecular weight excluding hydrogens is 246 g/mol. The second-order valence-corrected chi connectivity index (χ2v) is 5.04. The summed E-state index contributed by atoms with van der Waals surface area (Å²) in [5.74, 6) is 1.65. The predicted molar refractivity (Wildman–Crippen MR) is 74.2 cm³/mol. The van der Waals surface area contributed by atoms with E-state index in [1.54, 1.807) is 18.0 Å². The number of nitrogens with two attached hydrogens (primary N) is 1. The zero-order valence-corrected chi connectivity index (χ0v) is 11.4. The van der Waals surface area contributed by atoms with Crippen molar-refractivity contribution in [1.82, 2.24) is 0 Å². The number of furan rings is 1. The Bertz CT molecular complexity index is 522. The third kappa shape index (κ3) is 2.82. The van der Waals surface area contributed by atoms with E-state index in [2.05, 4.69) is 6.92 Å². The standard InChI is InChI=1S/C14H17NO2S/c1-3-8-17-11-5-4-6-13(14(11)15)18-12-7-9-16-10(12)2/h4-7,9H,3,8,15H2,1-2H3. The lowest BCUT2D eigenvalue weighted by molar-refractivity contribution is 0.318. The van der Waals surface area contributed by atoms with Crippen LogP contribution >= 0.6 is 11.8 Å². The van der Waals surface area contributed by atoms with Gasteiger partial charge in [0.05, 0.1) is 23.5 Å². The van der Waals surface area contributed by atoms with E-state index in [-0.39, 0.29) is 0 Å². The number of ether oxygens (including phenoxy) is 1. The molecule has 0 aliphatic carbocycles. The van der Waals surface area contributed by atoms with Crippen LogP contribution < -0.4 is 10.5 Å². The molecule has 0 saturated carbocycles. The maximum Gasteiger partial charge on any atom is 0.143 e. The molecule has 1 aromatic heterocycles. The molecule has 0 bridgehead atoms. The number of para-hydroxylation sites is 1. The van der Waals surface area contributed by atoms with Crippen molar-refractivity contribution in [2.24, 2.45) is 0 Å². The van der Waals surface area contributed by atoms with Gasteiger partial charge < -0.3 is 14.9 Å². The minimum Gasteiger partial charge on any atom is -0.491 e. The summed E-state index contributed by atoms with van der Waals surface area (Å²) in [7, 11) is 0. The van der Waals surface area contributed by atoms with Gasteiger partial charge in [0.25, 0.3) is 0 Å². The van der Waals surface area contributed by atoms with Crippen LogP contribution in [0.15, 0.2) is 44.7 Å². The quantitative estimate of drug-likeness (QED) is 0.825. The van der Waals surface area contributed by atoms with Crippen LogP contribution in [0.4, 0.5) is 5.69 Å². The summed E-state index contributed by atoms with van der Waals surface area (Å²) in [6, 6.07) is 7.79. The Balaban J connectivity index is 2.21. The molecule has 0 aliphatic rings. The van der Waals surface area contributed by atoms with E-state index in [9.17, 15) is 0 Å². The fraction of sp³-hybridized carbons (Fsp3) is 0.286. The highest BCUT2D eigenvalue weighted by Gasteiger charge is 2.10. The first kappa shape index (κ1) is 12.9. The summed E-state index contributed by atoms with van der Waals surface area (Å²) >= 11 is 1.60. The van der Waals surface area contributed by atoms with Gasteiger partial charge in [0, 0.05) is 4.90 Å². The van der Waals surface area contributed by atoms with Crippen LogP contribution in [0.1, 0.15) is 19.1 Å². The SMILES string of the molecule is CCCOc1cccc(Sc2ccoc2C)c1N. The van der Waals surface area contributed by atoms with E-state index < -0.39 is 0 Å². The van der Waals surface area contributed by atoms with Gasteiger partial charge in [-0.1, -0.05) is 24.8 Å². The van der Waals surface area contributed by atoms with Crippen LogP contribution in [0, 0.1) is 6.92 Å². The Hall–Kier alpha value is -1.55. The third-order valence-electron chi connectivity index (χ3n) is 2.52. The van der Waals surface area contributed by atoms with E-state index in [1.807, 2.05) is 31.2 Å². The highest BCUT2D eigenvalue weighted by atomic mass is 32.2. The number of hydrogen-bond donors (Lipinski definition) is 1. The molecule has 2 N–H and O–H groups in total. The van der Waals surface area contributed by atoms with Crippen LogP contribution in [0.25, 0.3) is 0 Å². The first-order valence-electron chi connectivity index (χ1n) is 5.95. The highest BCUT2D eigenvalue weighted by Crippen LogP contribution is 2.38. The van der Waals surface area contributed by atoms with Crippen molar-refractivity contribution in [1.29, 1.82) is 0 Å². The second-order valence-electron chi connectivity index (χ2n) is 3.96. The van der Waals surface area contributed by atoms with Crippen molar-refractivity contribution < 1.29 is 9.15 Å². The topological polar surface area (TPSA) is 48.4 Å². The predicted octanol–water partition coefficient (Wildman–Crippen LogP) is 4.11. The zero-order valence-electron chi connectivity index (χ0n) is 10.6. The third-order valence-corrected chi connectivity index (χ3v) is 3.74. The van der Waals surface area contributed by atoms with Gasteiger partial charge in [-0.2, -0.15) is 0 Å². The molecule has 0 amide bonds. The molecule has 0 atom stereocenters. The molecule has 0 fully saturated rings. The van der Waals surface area contributed by atoms with Crippen LogP contribution in [-0.2, 0) is 0 Å². The number of anilines is 1. The van der Waals surface area contributed by atoms with Crippen molar-refractivity contribution in [3.63, 3.8) is 0 Å². The van der Waals surface area contributed by atoms with E-state index in [4.69, 9.17) is 14.9 Å². The van der Waals surface area contributed by atoms with Gasteiger partial charge in [0.15, 0.2) is 0 Å². The maximum atomic E-state index is 6.11. The first-order chi connectivity index (χ1) is 8.72. The number of benzene rings is 1. The first-order valence-corrected chi connectivity index (χ1v) is 6.77. The molecule has 3 nitrogen and oxygen atoms in total. The van der Waals surface area contributed by atoms with Crippen molar-refractivity contribution >= 4 is 17.4 Å². The van der Waals surface area contributed by atoms with Crippen LogP contribution in [0.3, 0.4) is 0 Å². The molecule has 1 aromatic carbocycles. The summed E-state index contributed by atoms with van der Waals surface area (Å²) in [6.45, 7) is 4.70. The summed E-state index contributed by atoms with van der Waals surface area (Å²) in [4.78, 5) is 2.07. The van der Waals surface area contributed by atoms with E-state index in [0.29, 0.717) is 12.3 Å². The molecule has 2 aromatic rings. The fourth-order valence-electron chi connectivity index (χ4n) is 1.55. The van der Waals surface area contributed by atoms with Gasteiger partial charge in [0.1, 0.15) is 11.5 Å². The Morgan fingerprint density at radius 3 is 2.78 bits per heavy atom. The highest BCUT2D eigenvalue weighted by molar-refractivity contribution is 7.99. The lowest BCUT2D eigenvalue weighted by atomic mass is 10.3. The van der Waals surface area contributed by atoms with Crippen molar-refractivity contribution in [2.45, 2.75) is 30.1 Å².